The van der Waals surface area contributed by atoms with E-state index in [1.165, 1.54) is 11.1 Å². The van der Waals surface area contributed by atoms with E-state index in [0.717, 1.165) is 18.3 Å². The summed E-state index contributed by atoms with van der Waals surface area (Å²) < 4.78 is 0. The minimum Gasteiger partial charge on any atom is -0.298 e. The quantitative estimate of drug-likeness (QED) is 0.535. The molecule has 0 bridgehead atoms. The molecule has 0 saturated heterocycles. The lowest BCUT2D eigenvalue weighted by atomic mass is 9.67. The topological polar surface area (TPSA) is 17.1 Å². The van der Waals surface area contributed by atoms with E-state index in [-0.39, 0.29) is 5.41 Å². The highest BCUT2D eigenvalue weighted by atomic mass is 16.1. The van der Waals surface area contributed by atoms with Gasteiger partial charge in [0, 0.05) is 5.56 Å². The van der Waals surface area contributed by atoms with E-state index in [1.807, 2.05) is 12.1 Å². The molecule has 2 atom stereocenters. The Kier molecular flexibility index (Phi) is 5.99. The van der Waals surface area contributed by atoms with Crippen LogP contribution in [0.5, 0.6) is 0 Å². The Morgan fingerprint density at radius 1 is 0.875 bits per heavy atom. The van der Waals surface area contributed by atoms with Crippen molar-refractivity contribution in [3.8, 4) is 0 Å². The number of carbonyl (C=O) groups excluding carboxylic acids is 1. The molecule has 1 nitrogen and oxygen atoms in total. The second-order valence-electron chi connectivity index (χ2n) is 7.96. The first kappa shape index (κ1) is 18.4. The summed E-state index contributed by atoms with van der Waals surface area (Å²) in [5, 5.41) is 0. The van der Waals surface area contributed by atoms with E-state index in [1.54, 1.807) is 0 Å². The summed E-state index contributed by atoms with van der Waals surface area (Å²) >= 11 is 0. The van der Waals surface area contributed by atoms with Crippen molar-refractivity contribution in [1.29, 1.82) is 0 Å². The lowest BCUT2D eigenvalue weighted by Gasteiger charge is -2.37. The van der Waals surface area contributed by atoms with Crippen LogP contribution < -0.4 is 0 Å². The van der Waals surface area contributed by atoms with E-state index in [0.29, 0.717) is 17.8 Å². The van der Waals surface area contributed by atoms with Crippen molar-refractivity contribution in [3.63, 3.8) is 0 Å². The SMILES string of the molecule is CC(C)C(CC(C)(C)C(C)c1ccc(C=O)cc1)c1ccccc1. The third-order valence-corrected chi connectivity index (χ3v) is 5.52. The molecule has 0 N–H and O–H groups in total. The van der Waals surface area contributed by atoms with E-state index < -0.39 is 0 Å². The van der Waals surface area contributed by atoms with Crippen LogP contribution in [-0.4, -0.2) is 6.29 Å². The van der Waals surface area contributed by atoms with Crippen LogP contribution in [0.1, 0.15) is 74.4 Å². The normalized spacial score (nSPS) is 14.4. The van der Waals surface area contributed by atoms with Crippen molar-refractivity contribution in [3.05, 3.63) is 71.3 Å². The maximum absolute atomic E-state index is 10.9. The predicted octanol–water partition coefficient (Wildman–Crippen LogP) is 6.46. The lowest BCUT2D eigenvalue weighted by Crippen LogP contribution is -2.25. The fourth-order valence-electron chi connectivity index (χ4n) is 3.50. The predicted molar refractivity (Wildman–Crippen MR) is 103 cm³/mol. The highest BCUT2D eigenvalue weighted by Crippen LogP contribution is 2.44. The van der Waals surface area contributed by atoms with Gasteiger partial charge in [-0.05, 0) is 40.7 Å². The Hall–Kier alpha value is -1.89. The Balaban J connectivity index is 2.22. The average Bonchev–Trinajstić information content (AvgIpc) is 2.59. The monoisotopic (exact) mass is 322 g/mol. The zero-order chi connectivity index (χ0) is 17.7. The summed E-state index contributed by atoms with van der Waals surface area (Å²) in [5.41, 5.74) is 3.66. The van der Waals surface area contributed by atoms with Crippen LogP contribution in [0.15, 0.2) is 54.6 Å². The summed E-state index contributed by atoms with van der Waals surface area (Å²) in [6, 6.07) is 18.9. The highest BCUT2D eigenvalue weighted by Gasteiger charge is 2.32. The van der Waals surface area contributed by atoms with Gasteiger partial charge in [0.25, 0.3) is 0 Å². The van der Waals surface area contributed by atoms with E-state index >= 15 is 0 Å². The Labute approximate surface area is 147 Å². The zero-order valence-electron chi connectivity index (χ0n) is 15.6. The average molecular weight is 322 g/mol. The van der Waals surface area contributed by atoms with Crippen LogP contribution in [0.3, 0.4) is 0 Å². The van der Waals surface area contributed by atoms with Crippen molar-refractivity contribution in [2.45, 2.75) is 52.9 Å². The number of benzene rings is 2. The van der Waals surface area contributed by atoms with Gasteiger partial charge in [-0.25, -0.2) is 0 Å². The number of rotatable bonds is 7. The van der Waals surface area contributed by atoms with Gasteiger partial charge in [-0.1, -0.05) is 89.2 Å². The van der Waals surface area contributed by atoms with Gasteiger partial charge >= 0.3 is 0 Å². The van der Waals surface area contributed by atoms with Gasteiger partial charge in [0.15, 0.2) is 0 Å². The smallest absolute Gasteiger partial charge is 0.150 e. The molecular formula is C23H30O. The van der Waals surface area contributed by atoms with Crippen molar-refractivity contribution < 1.29 is 4.79 Å². The summed E-state index contributed by atoms with van der Waals surface area (Å²) in [6.45, 7) is 11.7. The van der Waals surface area contributed by atoms with Crippen LogP contribution in [0, 0.1) is 11.3 Å². The number of hydrogen-bond acceptors (Lipinski definition) is 1. The van der Waals surface area contributed by atoms with Gasteiger partial charge in [0.2, 0.25) is 0 Å². The van der Waals surface area contributed by atoms with Crippen molar-refractivity contribution in [1.82, 2.24) is 0 Å². The van der Waals surface area contributed by atoms with Crippen LogP contribution in [0.2, 0.25) is 0 Å². The van der Waals surface area contributed by atoms with Crippen LogP contribution in [0.25, 0.3) is 0 Å². The second kappa shape index (κ2) is 7.79. The van der Waals surface area contributed by atoms with Gasteiger partial charge in [-0.3, -0.25) is 4.79 Å². The van der Waals surface area contributed by atoms with Crippen LogP contribution in [-0.2, 0) is 0 Å². The molecule has 128 valence electrons. The summed E-state index contributed by atoms with van der Waals surface area (Å²) in [4.78, 5) is 10.9. The molecule has 0 aromatic heterocycles. The molecule has 2 rings (SSSR count). The molecule has 0 saturated carbocycles. The molecule has 0 heterocycles. The third kappa shape index (κ3) is 4.35. The fourth-order valence-corrected chi connectivity index (χ4v) is 3.50. The second-order valence-corrected chi connectivity index (χ2v) is 7.96. The lowest BCUT2D eigenvalue weighted by molar-refractivity contribution is 0.112. The molecule has 0 spiro atoms. The third-order valence-electron chi connectivity index (χ3n) is 5.52. The molecule has 2 aromatic carbocycles. The molecule has 2 unspecified atom stereocenters. The number of hydrogen-bond donors (Lipinski definition) is 0. The van der Waals surface area contributed by atoms with Crippen LogP contribution in [0.4, 0.5) is 0 Å². The molecule has 24 heavy (non-hydrogen) atoms. The Morgan fingerprint density at radius 3 is 1.96 bits per heavy atom. The van der Waals surface area contributed by atoms with Gasteiger partial charge < -0.3 is 0 Å². The molecule has 1 heteroatoms. The standard InChI is InChI=1S/C23H30O/c1-17(2)22(21-9-7-6-8-10-21)15-23(4,5)18(3)20-13-11-19(16-24)12-14-20/h6-14,16-18,22H,15H2,1-5H3. The zero-order valence-corrected chi connectivity index (χ0v) is 15.6. The fraction of sp³-hybridized carbons (Fsp3) is 0.435. The minimum atomic E-state index is 0.174. The number of aldehydes is 1. The Bertz CT molecular complexity index is 637. The van der Waals surface area contributed by atoms with E-state index in [4.69, 9.17) is 0 Å². The molecule has 0 fully saturated rings. The maximum atomic E-state index is 10.9. The van der Waals surface area contributed by atoms with Crippen molar-refractivity contribution in [2.75, 3.05) is 0 Å². The first-order valence-electron chi connectivity index (χ1n) is 8.95. The van der Waals surface area contributed by atoms with Crippen LogP contribution >= 0.6 is 0 Å². The molecule has 0 aliphatic carbocycles. The summed E-state index contributed by atoms with van der Waals surface area (Å²) in [6.07, 6.45) is 2.05. The molecule has 0 radical (unpaired) electrons. The van der Waals surface area contributed by atoms with Crippen molar-refractivity contribution >= 4 is 6.29 Å². The highest BCUT2D eigenvalue weighted by molar-refractivity contribution is 5.74. The largest absolute Gasteiger partial charge is 0.298 e. The molecule has 0 aliphatic rings. The van der Waals surface area contributed by atoms with Gasteiger partial charge in [-0.15, -0.1) is 0 Å². The van der Waals surface area contributed by atoms with E-state index in [9.17, 15) is 4.79 Å². The van der Waals surface area contributed by atoms with Gasteiger partial charge in [0.1, 0.15) is 6.29 Å². The number of carbonyl (C=O) groups is 1. The first-order chi connectivity index (χ1) is 11.3. The van der Waals surface area contributed by atoms with Gasteiger partial charge in [0.05, 0.1) is 0 Å². The molecular weight excluding hydrogens is 292 g/mol. The summed E-state index contributed by atoms with van der Waals surface area (Å²) in [5.74, 6) is 1.59. The molecule has 2 aromatic rings. The van der Waals surface area contributed by atoms with E-state index in [2.05, 4.69) is 77.1 Å². The Morgan fingerprint density at radius 2 is 1.46 bits per heavy atom. The maximum Gasteiger partial charge on any atom is 0.150 e. The molecule has 0 amide bonds. The summed E-state index contributed by atoms with van der Waals surface area (Å²) in [7, 11) is 0. The molecule has 0 aliphatic heterocycles. The minimum absolute atomic E-state index is 0.174. The first-order valence-corrected chi connectivity index (χ1v) is 8.95. The van der Waals surface area contributed by atoms with Crippen molar-refractivity contribution in [2.24, 2.45) is 11.3 Å². The van der Waals surface area contributed by atoms with Gasteiger partial charge in [-0.2, -0.15) is 0 Å².